The summed E-state index contributed by atoms with van der Waals surface area (Å²) < 4.78 is 4.93. The third-order valence-corrected chi connectivity index (χ3v) is 2.69. The molecule has 0 aliphatic carbocycles. The van der Waals surface area contributed by atoms with Crippen LogP contribution in [0.5, 0.6) is 5.75 Å². The van der Waals surface area contributed by atoms with Gasteiger partial charge in [0.15, 0.2) is 0 Å². The zero-order chi connectivity index (χ0) is 13.2. The van der Waals surface area contributed by atoms with Gasteiger partial charge in [-0.2, -0.15) is 0 Å². The summed E-state index contributed by atoms with van der Waals surface area (Å²) in [6.45, 7) is 1.01. The van der Waals surface area contributed by atoms with Gasteiger partial charge in [0.05, 0.1) is 8.49 Å². The number of hydrogen-bond acceptors (Lipinski definition) is 5. The van der Waals surface area contributed by atoms with Crippen molar-refractivity contribution in [2.45, 2.75) is 6.92 Å². The number of hydrogen-bond donors (Lipinski definition) is 0. The van der Waals surface area contributed by atoms with Gasteiger partial charge in [-0.15, -0.1) is 0 Å². The van der Waals surface area contributed by atoms with Gasteiger partial charge in [0.2, 0.25) is 11.5 Å². The SMILES string of the molecule is CC(=O)C(=O)Oc1c(I)cc(Cl)cc1[N+](=O)[O-]. The summed E-state index contributed by atoms with van der Waals surface area (Å²) in [7, 11) is 0. The normalized spacial score (nSPS) is 9.82. The van der Waals surface area contributed by atoms with Crippen molar-refractivity contribution in [2.75, 3.05) is 0 Å². The van der Waals surface area contributed by atoms with Gasteiger partial charge in [0, 0.05) is 18.0 Å². The Labute approximate surface area is 114 Å². The monoisotopic (exact) mass is 369 g/mol. The molecule has 0 heterocycles. The van der Waals surface area contributed by atoms with Gasteiger partial charge in [0.1, 0.15) is 0 Å². The van der Waals surface area contributed by atoms with Crippen molar-refractivity contribution in [2.24, 2.45) is 0 Å². The topological polar surface area (TPSA) is 86.5 Å². The van der Waals surface area contributed by atoms with Crippen molar-refractivity contribution in [1.29, 1.82) is 0 Å². The van der Waals surface area contributed by atoms with E-state index in [1.54, 1.807) is 22.6 Å². The summed E-state index contributed by atoms with van der Waals surface area (Å²) >= 11 is 7.37. The van der Waals surface area contributed by atoms with Crippen molar-refractivity contribution < 1.29 is 19.2 Å². The molecular weight excluding hydrogens is 364 g/mol. The maximum atomic E-state index is 11.1. The summed E-state index contributed by atoms with van der Waals surface area (Å²) in [6, 6.07) is 2.43. The van der Waals surface area contributed by atoms with Crippen molar-refractivity contribution in [3.63, 3.8) is 0 Å². The van der Waals surface area contributed by atoms with Crippen LogP contribution in [0.3, 0.4) is 0 Å². The second-order valence-electron chi connectivity index (χ2n) is 2.94. The van der Waals surface area contributed by atoms with E-state index in [9.17, 15) is 19.7 Å². The summed E-state index contributed by atoms with van der Waals surface area (Å²) in [5, 5.41) is 10.9. The molecule has 0 bridgehead atoms. The highest BCUT2D eigenvalue weighted by atomic mass is 127. The molecule has 0 N–H and O–H groups in total. The van der Waals surface area contributed by atoms with E-state index in [0.717, 1.165) is 13.0 Å². The predicted octanol–water partition coefficient (Wildman–Crippen LogP) is 2.35. The van der Waals surface area contributed by atoms with Gasteiger partial charge >= 0.3 is 11.7 Å². The second-order valence-corrected chi connectivity index (χ2v) is 4.54. The fourth-order valence-electron chi connectivity index (χ4n) is 0.948. The van der Waals surface area contributed by atoms with Gasteiger partial charge in [-0.3, -0.25) is 14.9 Å². The van der Waals surface area contributed by atoms with E-state index < -0.39 is 22.4 Å². The number of esters is 1. The number of rotatable bonds is 3. The lowest BCUT2D eigenvalue weighted by Gasteiger charge is -2.05. The number of nitro benzene ring substituents is 1. The molecule has 0 atom stereocenters. The fraction of sp³-hybridized carbons (Fsp3) is 0.111. The molecule has 0 aliphatic heterocycles. The molecule has 0 spiro atoms. The quantitative estimate of drug-likeness (QED) is 0.204. The molecule has 0 unspecified atom stereocenters. The standard InChI is InChI=1S/C9H5ClINO5/c1-4(13)9(14)17-8-6(11)2-5(10)3-7(8)12(15)16/h2-3H,1H3. The van der Waals surface area contributed by atoms with Crippen molar-refractivity contribution in [3.8, 4) is 5.75 Å². The number of carbonyl (C=O) groups is 2. The Morgan fingerprint density at radius 1 is 1.47 bits per heavy atom. The average molecular weight is 369 g/mol. The van der Waals surface area contributed by atoms with Crippen LogP contribution in [-0.4, -0.2) is 16.7 Å². The highest BCUT2D eigenvalue weighted by molar-refractivity contribution is 14.1. The first-order chi connectivity index (χ1) is 7.82. The number of benzene rings is 1. The Hall–Kier alpha value is -1.22. The van der Waals surface area contributed by atoms with E-state index in [2.05, 4.69) is 4.74 Å². The highest BCUT2D eigenvalue weighted by Gasteiger charge is 2.24. The zero-order valence-electron chi connectivity index (χ0n) is 8.40. The van der Waals surface area contributed by atoms with Gasteiger partial charge in [-0.05, 0) is 28.7 Å². The van der Waals surface area contributed by atoms with Gasteiger partial charge in [0.25, 0.3) is 0 Å². The van der Waals surface area contributed by atoms with Crippen LogP contribution < -0.4 is 4.74 Å². The van der Waals surface area contributed by atoms with Gasteiger partial charge in [-0.25, -0.2) is 4.79 Å². The summed E-state index contributed by atoms with van der Waals surface area (Å²) in [6.07, 6.45) is 0. The minimum atomic E-state index is -1.16. The van der Waals surface area contributed by atoms with E-state index in [1.165, 1.54) is 6.07 Å². The molecule has 0 saturated carbocycles. The lowest BCUT2D eigenvalue weighted by molar-refractivity contribution is -0.385. The Kier molecular flexibility index (Phi) is 4.40. The molecule has 8 heteroatoms. The minimum absolute atomic E-state index is 0.142. The predicted molar refractivity (Wildman–Crippen MR) is 67.1 cm³/mol. The number of carbonyl (C=O) groups excluding carboxylic acids is 2. The Morgan fingerprint density at radius 3 is 2.53 bits per heavy atom. The average Bonchev–Trinajstić information content (AvgIpc) is 2.20. The number of Topliss-reactive ketones (excluding diaryl/α,β-unsaturated/α-hetero) is 1. The molecule has 0 aliphatic rings. The van der Waals surface area contributed by atoms with E-state index in [-0.39, 0.29) is 14.3 Å². The molecule has 1 aromatic carbocycles. The fourth-order valence-corrected chi connectivity index (χ4v) is 2.07. The van der Waals surface area contributed by atoms with Crippen LogP contribution in [0.2, 0.25) is 5.02 Å². The first-order valence-electron chi connectivity index (χ1n) is 4.19. The lowest BCUT2D eigenvalue weighted by atomic mass is 10.3. The summed E-state index contributed by atoms with van der Waals surface area (Å²) in [5.41, 5.74) is -0.462. The molecule has 0 saturated heterocycles. The molecular formula is C9H5ClINO5. The lowest BCUT2D eigenvalue weighted by Crippen LogP contribution is -2.18. The van der Waals surface area contributed by atoms with Gasteiger partial charge < -0.3 is 4.74 Å². The van der Waals surface area contributed by atoms with E-state index in [4.69, 9.17) is 11.6 Å². The van der Waals surface area contributed by atoms with Crippen molar-refractivity contribution in [3.05, 3.63) is 30.8 Å². The summed E-state index contributed by atoms with van der Waals surface area (Å²) in [5.74, 6) is -2.28. The largest absolute Gasteiger partial charge is 0.412 e. The van der Waals surface area contributed by atoms with Crippen LogP contribution in [-0.2, 0) is 9.59 Å². The first kappa shape index (κ1) is 13.8. The number of ketones is 1. The molecule has 6 nitrogen and oxygen atoms in total. The minimum Gasteiger partial charge on any atom is -0.412 e. The van der Waals surface area contributed by atoms with Crippen LogP contribution in [0.15, 0.2) is 12.1 Å². The number of nitrogens with zero attached hydrogens (tertiary/aromatic N) is 1. The zero-order valence-corrected chi connectivity index (χ0v) is 11.3. The number of halogens is 2. The molecule has 17 heavy (non-hydrogen) atoms. The summed E-state index contributed by atoms with van der Waals surface area (Å²) in [4.78, 5) is 31.8. The highest BCUT2D eigenvalue weighted by Crippen LogP contribution is 2.35. The van der Waals surface area contributed by atoms with E-state index >= 15 is 0 Å². The maximum absolute atomic E-state index is 11.1. The van der Waals surface area contributed by atoms with Crippen molar-refractivity contribution in [1.82, 2.24) is 0 Å². The third kappa shape index (κ3) is 3.37. The van der Waals surface area contributed by atoms with Crippen LogP contribution in [0, 0.1) is 13.7 Å². The van der Waals surface area contributed by atoms with Crippen LogP contribution in [0.25, 0.3) is 0 Å². The molecule has 0 aromatic heterocycles. The smallest absolute Gasteiger partial charge is 0.379 e. The molecule has 0 radical (unpaired) electrons. The van der Waals surface area contributed by atoms with E-state index in [0.29, 0.717) is 0 Å². The van der Waals surface area contributed by atoms with Crippen LogP contribution >= 0.6 is 34.2 Å². The third-order valence-electron chi connectivity index (χ3n) is 1.67. The maximum Gasteiger partial charge on any atom is 0.379 e. The van der Waals surface area contributed by atoms with Crippen LogP contribution in [0.4, 0.5) is 5.69 Å². The van der Waals surface area contributed by atoms with Gasteiger partial charge in [-0.1, -0.05) is 11.6 Å². The van der Waals surface area contributed by atoms with Crippen LogP contribution in [0.1, 0.15) is 6.92 Å². The Bertz CT molecular complexity index is 516. The number of nitro groups is 1. The van der Waals surface area contributed by atoms with Crippen molar-refractivity contribution >= 4 is 51.6 Å². The second kappa shape index (κ2) is 5.41. The Morgan fingerprint density at radius 2 is 2.06 bits per heavy atom. The first-order valence-corrected chi connectivity index (χ1v) is 5.64. The Balaban J connectivity index is 3.26. The molecule has 1 rings (SSSR count). The number of ether oxygens (including phenoxy) is 1. The molecule has 0 amide bonds. The molecule has 0 fully saturated rings. The molecule has 1 aromatic rings. The van der Waals surface area contributed by atoms with E-state index in [1.807, 2.05) is 0 Å². The molecule has 90 valence electrons.